The molecule has 1 aromatic carbocycles. The number of hydrogen-bond acceptors (Lipinski definition) is 1. The first-order valence-corrected chi connectivity index (χ1v) is 9.38. The summed E-state index contributed by atoms with van der Waals surface area (Å²) in [5.41, 5.74) is 5.53. The highest BCUT2D eigenvalue weighted by molar-refractivity contribution is 5.85. The van der Waals surface area contributed by atoms with Crippen molar-refractivity contribution in [2.75, 3.05) is 0 Å². The number of unbranched alkanes of at least 4 members (excludes halogenated alkanes) is 1. The fourth-order valence-corrected chi connectivity index (χ4v) is 5.28. The normalized spacial score (nSPS) is 25.0. The van der Waals surface area contributed by atoms with Gasteiger partial charge in [0.05, 0.1) is 6.33 Å². The fraction of sp³-hybridized carbons (Fsp3) is 0.571. The first kappa shape index (κ1) is 17.5. The number of halogens is 1. The van der Waals surface area contributed by atoms with E-state index in [2.05, 4.69) is 40.9 Å². The van der Waals surface area contributed by atoms with Gasteiger partial charge in [0, 0.05) is 18.9 Å². The maximum Gasteiger partial charge on any atom is 0.0945 e. The summed E-state index contributed by atoms with van der Waals surface area (Å²) < 4.78 is 2.27. The highest BCUT2D eigenvalue weighted by Gasteiger charge is 2.42. The van der Waals surface area contributed by atoms with Crippen LogP contribution < -0.4 is 0 Å². The Morgan fingerprint density at radius 1 is 1.29 bits per heavy atom. The van der Waals surface area contributed by atoms with E-state index in [0.717, 1.165) is 12.5 Å². The highest BCUT2D eigenvalue weighted by Crippen LogP contribution is 2.51. The number of benzene rings is 1. The van der Waals surface area contributed by atoms with Gasteiger partial charge in [0.15, 0.2) is 0 Å². The molecule has 0 N–H and O–H groups in total. The molecule has 0 amide bonds. The summed E-state index contributed by atoms with van der Waals surface area (Å²) in [6, 6.07) is 7.10. The van der Waals surface area contributed by atoms with E-state index < -0.39 is 0 Å². The summed E-state index contributed by atoms with van der Waals surface area (Å²) >= 11 is 0. The second-order valence-electron chi connectivity index (χ2n) is 7.72. The van der Waals surface area contributed by atoms with Crippen molar-refractivity contribution in [2.24, 2.45) is 5.92 Å². The molecule has 4 rings (SSSR count). The van der Waals surface area contributed by atoms with Crippen LogP contribution in [0, 0.1) is 5.92 Å². The first-order valence-electron chi connectivity index (χ1n) is 9.38. The van der Waals surface area contributed by atoms with Gasteiger partial charge >= 0.3 is 0 Å². The largest absolute Gasteiger partial charge is 0.337 e. The molecule has 2 atom stereocenters. The molecule has 0 saturated heterocycles. The molecule has 2 nitrogen and oxygen atoms in total. The van der Waals surface area contributed by atoms with Crippen LogP contribution in [0.2, 0.25) is 0 Å². The van der Waals surface area contributed by atoms with Crippen LogP contribution in [-0.4, -0.2) is 9.55 Å². The number of imidazole rings is 1. The molecule has 1 heterocycles. The third-order valence-electron chi connectivity index (χ3n) is 6.09. The third kappa shape index (κ3) is 3.13. The maximum absolute atomic E-state index is 4.23. The van der Waals surface area contributed by atoms with Gasteiger partial charge in [-0.1, -0.05) is 38.0 Å². The van der Waals surface area contributed by atoms with E-state index in [9.17, 15) is 0 Å². The second-order valence-corrected chi connectivity index (χ2v) is 7.72. The van der Waals surface area contributed by atoms with Gasteiger partial charge in [-0.05, 0) is 66.5 Å². The predicted molar refractivity (Wildman–Crippen MR) is 102 cm³/mol. The molecule has 0 spiro atoms. The van der Waals surface area contributed by atoms with E-state index in [1.807, 2.05) is 12.5 Å². The van der Waals surface area contributed by atoms with Crippen LogP contribution in [-0.2, 0) is 24.8 Å². The third-order valence-corrected chi connectivity index (χ3v) is 6.09. The zero-order valence-corrected chi connectivity index (χ0v) is 15.5. The zero-order chi connectivity index (χ0) is 15.7. The van der Waals surface area contributed by atoms with Crippen molar-refractivity contribution in [3.63, 3.8) is 0 Å². The van der Waals surface area contributed by atoms with Crippen LogP contribution >= 0.6 is 12.4 Å². The molecule has 0 aliphatic heterocycles. The summed E-state index contributed by atoms with van der Waals surface area (Å²) in [4.78, 5) is 4.23. The van der Waals surface area contributed by atoms with Gasteiger partial charge < -0.3 is 4.57 Å². The van der Waals surface area contributed by atoms with Gasteiger partial charge in [0.2, 0.25) is 0 Å². The Bertz CT molecular complexity index is 664. The number of aryl methyl sites for hydroxylation is 1. The van der Waals surface area contributed by atoms with E-state index >= 15 is 0 Å². The lowest BCUT2D eigenvalue weighted by molar-refractivity contribution is 0.215. The Morgan fingerprint density at radius 2 is 2.17 bits per heavy atom. The molecule has 0 saturated carbocycles. The van der Waals surface area contributed by atoms with Crippen LogP contribution in [0.1, 0.15) is 62.1 Å². The van der Waals surface area contributed by atoms with Crippen LogP contribution in [0.4, 0.5) is 0 Å². The standard InChI is InChI=1S/C21H28N2.ClH/c1-2-3-9-21-10-5-8-18-6-4-7-19(20(18)21)13-17(14-21)15-23-12-11-22-16-23;/h4,6-7,11-12,16-17H,2-3,5,8-10,13-15H2,1H3;1H/t17-,21-;/m0./s1. The van der Waals surface area contributed by atoms with E-state index in [1.165, 1.54) is 51.4 Å². The van der Waals surface area contributed by atoms with Gasteiger partial charge in [-0.15, -0.1) is 12.4 Å². The number of rotatable bonds is 5. The van der Waals surface area contributed by atoms with Gasteiger partial charge in [0.1, 0.15) is 0 Å². The Hall–Kier alpha value is -1.28. The molecule has 130 valence electrons. The summed E-state index contributed by atoms with van der Waals surface area (Å²) in [5.74, 6) is 0.752. The lowest BCUT2D eigenvalue weighted by Crippen LogP contribution is -2.39. The van der Waals surface area contributed by atoms with Crippen molar-refractivity contribution >= 4 is 12.4 Å². The van der Waals surface area contributed by atoms with Crippen molar-refractivity contribution < 1.29 is 0 Å². The molecular formula is C21H29ClN2. The van der Waals surface area contributed by atoms with E-state index in [-0.39, 0.29) is 12.4 Å². The quantitative estimate of drug-likeness (QED) is 0.716. The summed E-state index contributed by atoms with van der Waals surface area (Å²) in [6.07, 6.45) is 16.7. The SMILES string of the molecule is CCCC[C@@]12CCCc3cccc(c31)C[C@H](Cn1ccnc1)C2.Cl. The fourth-order valence-electron chi connectivity index (χ4n) is 5.28. The van der Waals surface area contributed by atoms with Crippen LogP contribution in [0.15, 0.2) is 36.9 Å². The van der Waals surface area contributed by atoms with Crippen molar-refractivity contribution in [1.29, 1.82) is 0 Å². The Balaban J connectivity index is 0.00000169. The average molecular weight is 345 g/mol. The summed E-state index contributed by atoms with van der Waals surface area (Å²) in [7, 11) is 0. The monoisotopic (exact) mass is 344 g/mol. The molecule has 0 radical (unpaired) electrons. The molecule has 0 bridgehead atoms. The molecule has 3 heteroatoms. The van der Waals surface area contributed by atoms with Crippen LogP contribution in [0.25, 0.3) is 0 Å². The molecule has 2 aliphatic rings. The molecule has 2 aliphatic carbocycles. The van der Waals surface area contributed by atoms with Gasteiger partial charge in [0.25, 0.3) is 0 Å². The van der Waals surface area contributed by atoms with E-state index in [1.54, 1.807) is 16.7 Å². The second kappa shape index (κ2) is 7.31. The van der Waals surface area contributed by atoms with E-state index in [4.69, 9.17) is 0 Å². The maximum atomic E-state index is 4.23. The van der Waals surface area contributed by atoms with Crippen molar-refractivity contribution in [2.45, 2.75) is 70.3 Å². The molecule has 2 aromatic rings. The topological polar surface area (TPSA) is 17.8 Å². The molecule has 0 unspecified atom stereocenters. The van der Waals surface area contributed by atoms with Crippen LogP contribution in [0.3, 0.4) is 0 Å². The number of hydrogen-bond donors (Lipinski definition) is 0. The highest BCUT2D eigenvalue weighted by atomic mass is 35.5. The molecule has 1 aromatic heterocycles. The Labute approximate surface area is 152 Å². The minimum Gasteiger partial charge on any atom is -0.337 e. The number of nitrogens with zero attached hydrogens (tertiary/aromatic N) is 2. The van der Waals surface area contributed by atoms with E-state index in [0.29, 0.717) is 5.41 Å². The van der Waals surface area contributed by atoms with Crippen molar-refractivity contribution in [3.8, 4) is 0 Å². The Kier molecular flexibility index (Phi) is 5.34. The smallest absolute Gasteiger partial charge is 0.0945 e. The van der Waals surface area contributed by atoms with Crippen LogP contribution in [0.5, 0.6) is 0 Å². The minimum atomic E-state index is 0. The lowest BCUT2D eigenvalue weighted by Gasteiger charge is -2.47. The first-order chi connectivity index (χ1) is 11.3. The van der Waals surface area contributed by atoms with Crippen molar-refractivity contribution in [1.82, 2.24) is 9.55 Å². The Morgan fingerprint density at radius 3 is 2.96 bits per heavy atom. The molecule has 24 heavy (non-hydrogen) atoms. The predicted octanol–water partition coefficient (Wildman–Crippen LogP) is 5.33. The van der Waals surface area contributed by atoms with Gasteiger partial charge in [-0.3, -0.25) is 0 Å². The summed E-state index contributed by atoms with van der Waals surface area (Å²) in [6.45, 7) is 3.45. The number of aromatic nitrogens is 2. The lowest BCUT2D eigenvalue weighted by atomic mass is 9.58. The average Bonchev–Trinajstić information content (AvgIpc) is 3.06. The zero-order valence-electron chi connectivity index (χ0n) is 14.7. The van der Waals surface area contributed by atoms with Crippen molar-refractivity contribution in [3.05, 3.63) is 53.6 Å². The van der Waals surface area contributed by atoms with Gasteiger partial charge in [-0.2, -0.15) is 0 Å². The molecule has 0 fully saturated rings. The van der Waals surface area contributed by atoms with Gasteiger partial charge in [-0.25, -0.2) is 4.98 Å². The molecular weight excluding hydrogens is 316 g/mol. The summed E-state index contributed by atoms with van der Waals surface area (Å²) in [5, 5.41) is 0. The minimum absolute atomic E-state index is 0.